The molecule has 14 nitrogen and oxygen atoms in total. The number of hydrogen-bond acceptors (Lipinski definition) is 7. The summed E-state index contributed by atoms with van der Waals surface area (Å²) in [5.74, 6) is 0.831. The number of aromatic nitrogens is 4. The maximum atomic E-state index is 13.7. The number of amides is 4. The summed E-state index contributed by atoms with van der Waals surface area (Å²) in [6.07, 6.45) is 1.45. The Labute approximate surface area is 348 Å². The van der Waals surface area contributed by atoms with Crippen molar-refractivity contribution in [2.24, 2.45) is 11.8 Å². The van der Waals surface area contributed by atoms with E-state index >= 15 is 0 Å². The summed E-state index contributed by atoms with van der Waals surface area (Å²) < 4.78 is 4.78. The van der Waals surface area contributed by atoms with Crippen molar-refractivity contribution in [1.29, 1.82) is 0 Å². The fourth-order valence-electron chi connectivity index (χ4n) is 9.03. The molecule has 0 unspecified atom stereocenters. The molecule has 312 valence electrons. The van der Waals surface area contributed by atoms with Crippen molar-refractivity contribution >= 4 is 56.8 Å². The number of methoxy groups -OCH3 is 1. The molecule has 4 aromatic carbocycles. The summed E-state index contributed by atoms with van der Waals surface area (Å²) in [6, 6.07) is 23.3. The molecule has 2 fully saturated rings. The second-order valence-electron chi connectivity index (χ2n) is 16.8. The van der Waals surface area contributed by atoms with Gasteiger partial charge < -0.3 is 34.9 Å². The van der Waals surface area contributed by atoms with Crippen LogP contribution in [0.2, 0.25) is 0 Å². The minimum Gasteiger partial charge on any atom is -0.465 e. The molecule has 0 radical (unpaired) electrons. The van der Waals surface area contributed by atoms with E-state index < -0.39 is 24.3 Å². The van der Waals surface area contributed by atoms with E-state index in [2.05, 4.69) is 75.9 Å². The number of ether oxygens (including phenoxy) is 1. The second kappa shape index (κ2) is 16.3. The number of likely N-dealkylation sites (tertiary alicyclic amines) is 2. The lowest BCUT2D eigenvalue weighted by Gasteiger charge is -2.33. The average Bonchev–Trinajstić information content (AvgIpc) is 4.07. The predicted molar refractivity (Wildman–Crippen MR) is 230 cm³/mol. The van der Waals surface area contributed by atoms with E-state index in [1.165, 1.54) is 14.2 Å². The molecule has 8 rings (SSSR count). The molecule has 0 saturated carbocycles. The van der Waals surface area contributed by atoms with Crippen LogP contribution in [0.4, 0.5) is 9.59 Å². The Balaban J connectivity index is 0.999. The highest BCUT2D eigenvalue weighted by atomic mass is 16.5. The molecule has 0 bridgehead atoms. The van der Waals surface area contributed by atoms with Crippen LogP contribution >= 0.6 is 0 Å². The van der Waals surface area contributed by atoms with E-state index in [1.807, 2.05) is 44.7 Å². The van der Waals surface area contributed by atoms with Crippen LogP contribution in [0.5, 0.6) is 0 Å². The van der Waals surface area contributed by atoms with Gasteiger partial charge in [-0.2, -0.15) is 0 Å². The fourth-order valence-corrected chi connectivity index (χ4v) is 9.03. The van der Waals surface area contributed by atoms with Gasteiger partial charge in [-0.1, -0.05) is 64.1 Å². The van der Waals surface area contributed by atoms with Gasteiger partial charge in [0.2, 0.25) is 11.8 Å². The van der Waals surface area contributed by atoms with Gasteiger partial charge in [0.05, 0.1) is 41.3 Å². The van der Waals surface area contributed by atoms with Gasteiger partial charge in [0, 0.05) is 20.1 Å². The van der Waals surface area contributed by atoms with Crippen LogP contribution in [-0.2, 0) is 14.3 Å². The zero-order chi connectivity index (χ0) is 42.4. The lowest BCUT2D eigenvalue weighted by atomic mass is 9.97. The highest BCUT2D eigenvalue weighted by Crippen LogP contribution is 2.37. The smallest absolute Gasteiger partial charge is 0.407 e. The Bertz CT molecular complexity index is 2610. The van der Waals surface area contributed by atoms with E-state index in [0.29, 0.717) is 18.9 Å². The lowest BCUT2D eigenvalue weighted by Crippen LogP contribution is -2.51. The van der Waals surface area contributed by atoms with Crippen LogP contribution in [0.1, 0.15) is 77.1 Å². The summed E-state index contributed by atoms with van der Waals surface area (Å²) in [4.78, 5) is 72.8. The topological polar surface area (TPSA) is 177 Å². The molecule has 0 spiro atoms. The first-order valence-corrected chi connectivity index (χ1v) is 20.8. The predicted octanol–water partition coefficient (Wildman–Crippen LogP) is 8.27. The molecule has 4 heterocycles. The van der Waals surface area contributed by atoms with Gasteiger partial charge in [0.1, 0.15) is 23.7 Å². The van der Waals surface area contributed by atoms with Crippen molar-refractivity contribution in [2.75, 3.05) is 27.2 Å². The summed E-state index contributed by atoms with van der Waals surface area (Å²) in [5.41, 5.74) is 7.57. The minimum atomic E-state index is -1.12. The Morgan fingerprint density at radius 1 is 0.717 bits per heavy atom. The first-order valence-electron chi connectivity index (χ1n) is 20.8. The molecule has 60 heavy (non-hydrogen) atoms. The normalized spacial score (nSPS) is 17.9. The molecular weight excluding hydrogens is 761 g/mol. The van der Waals surface area contributed by atoms with Crippen molar-refractivity contribution in [1.82, 2.24) is 40.0 Å². The third-order valence-corrected chi connectivity index (χ3v) is 12.2. The molecule has 2 aromatic heterocycles. The molecule has 6 aromatic rings. The molecule has 2 aliphatic heterocycles. The number of nitrogens with one attached hydrogen (secondary N) is 3. The van der Waals surface area contributed by atoms with Crippen LogP contribution in [0, 0.1) is 11.8 Å². The fraction of sp³-hybridized carbons (Fsp3) is 0.391. The molecule has 0 aliphatic carbocycles. The highest BCUT2D eigenvalue weighted by molar-refractivity contribution is 5.93. The number of likely N-dealkylation sites (N-methyl/N-ethyl adjacent to an activating group) is 1. The summed E-state index contributed by atoms with van der Waals surface area (Å²) >= 11 is 0. The van der Waals surface area contributed by atoms with Crippen LogP contribution in [0.3, 0.4) is 0 Å². The maximum Gasteiger partial charge on any atom is 0.407 e. The zero-order valence-electron chi connectivity index (χ0n) is 34.9. The molecular formula is C46H52N8O6. The van der Waals surface area contributed by atoms with Gasteiger partial charge in [0.15, 0.2) is 0 Å². The molecule has 2 saturated heterocycles. The number of carboxylic acid groups (broad SMARTS) is 1. The Hall–Kier alpha value is -6.44. The van der Waals surface area contributed by atoms with E-state index in [9.17, 15) is 24.3 Å². The van der Waals surface area contributed by atoms with E-state index in [0.717, 1.165) is 91.5 Å². The van der Waals surface area contributed by atoms with E-state index in [4.69, 9.17) is 14.7 Å². The summed E-state index contributed by atoms with van der Waals surface area (Å²) in [5, 5.41) is 14.6. The number of benzene rings is 4. The van der Waals surface area contributed by atoms with Gasteiger partial charge in [-0.3, -0.25) is 14.5 Å². The van der Waals surface area contributed by atoms with Crippen molar-refractivity contribution < 1.29 is 29.0 Å². The monoisotopic (exact) mass is 812 g/mol. The summed E-state index contributed by atoms with van der Waals surface area (Å²) in [7, 11) is 2.75. The zero-order valence-corrected chi connectivity index (χ0v) is 34.9. The van der Waals surface area contributed by atoms with E-state index in [1.54, 1.807) is 4.90 Å². The van der Waals surface area contributed by atoms with Crippen LogP contribution in [0.15, 0.2) is 72.8 Å². The van der Waals surface area contributed by atoms with Gasteiger partial charge in [0.25, 0.3) is 0 Å². The van der Waals surface area contributed by atoms with Crippen LogP contribution in [0.25, 0.3) is 55.1 Å². The largest absolute Gasteiger partial charge is 0.465 e. The molecule has 14 heteroatoms. The number of rotatable bonds is 10. The van der Waals surface area contributed by atoms with Gasteiger partial charge in [-0.25, -0.2) is 19.6 Å². The number of nitrogens with zero attached hydrogens (tertiary/aromatic N) is 5. The van der Waals surface area contributed by atoms with Crippen molar-refractivity contribution in [3.63, 3.8) is 0 Å². The SMILES string of the molecule is COC(=O)N[C@H](C(=O)N1CCC[C@H]1c1nc2cc(-c3ccc4cc(-c5ccc6[nH]c([C@@H]7CCCN7C(=O)[C@H](C(C)C)N(C)C(=O)O)nc6c5)ccc4c3)ccc2[nH]1)C(C)C. The second-order valence-corrected chi connectivity index (χ2v) is 16.8. The van der Waals surface area contributed by atoms with Gasteiger partial charge in [-0.05, 0) is 107 Å². The molecule has 4 atom stereocenters. The maximum absolute atomic E-state index is 13.7. The third kappa shape index (κ3) is 7.62. The summed E-state index contributed by atoms with van der Waals surface area (Å²) in [6.45, 7) is 8.70. The third-order valence-electron chi connectivity index (χ3n) is 12.2. The minimum absolute atomic E-state index is 0.111. The lowest BCUT2D eigenvalue weighted by molar-refractivity contribution is -0.138. The number of imidazole rings is 2. The Morgan fingerprint density at radius 2 is 1.18 bits per heavy atom. The van der Waals surface area contributed by atoms with Crippen LogP contribution < -0.4 is 5.32 Å². The molecule has 4 amide bonds. The Kier molecular flexibility index (Phi) is 11.0. The van der Waals surface area contributed by atoms with Crippen molar-refractivity contribution in [3.05, 3.63) is 84.4 Å². The first kappa shape index (κ1) is 40.3. The quantitative estimate of drug-likeness (QED) is 0.107. The number of carbonyl (C=O) groups is 4. The van der Waals surface area contributed by atoms with Crippen molar-refractivity contribution in [3.8, 4) is 22.3 Å². The number of fused-ring (bicyclic) bond motifs is 3. The van der Waals surface area contributed by atoms with Gasteiger partial charge >= 0.3 is 12.2 Å². The molecule has 4 N–H and O–H groups in total. The van der Waals surface area contributed by atoms with Crippen molar-refractivity contribution in [2.45, 2.75) is 77.5 Å². The first-order chi connectivity index (χ1) is 28.8. The number of carbonyl (C=O) groups excluding carboxylic acids is 3. The number of H-pyrrole nitrogens is 2. The number of hydrogen-bond donors (Lipinski definition) is 4. The Morgan fingerprint density at radius 3 is 1.63 bits per heavy atom. The van der Waals surface area contributed by atoms with E-state index in [-0.39, 0.29) is 35.7 Å². The highest BCUT2D eigenvalue weighted by Gasteiger charge is 2.40. The number of aromatic amines is 2. The molecule has 2 aliphatic rings. The number of alkyl carbamates (subject to hydrolysis) is 1. The average molecular weight is 813 g/mol. The standard InChI is InChI=1S/C46H52N8O6/c1-25(2)39(51-45(57)60-6)43(55)53-19-7-9-37(53)41-47-33-17-15-31(23-35(33)49-41)29-13-11-28-22-30(14-12-27(28)21-29)32-16-18-34-36(24-32)50-42(48-34)38-10-8-20-54(38)44(56)40(26(3)4)52(5)46(58)59/h11-18,21-26,37-40H,7-10,19-20H2,1-6H3,(H,47,49)(H,48,50)(H,51,57)(H,58,59)/t37-,38-,39-,40-/m0/s1. The van der Waals surface area contributed by atoms with Crippen LogP contribution in [-0.4, -0.2) is 103 Å². The van der Waals surface area contributed by atoms with Gasteiger partial charge in [-0.15, -0.1) is 0 Å².